The molecule has 2 rings (SSSR count). The Kier molecular flexibility index (Phi) is 4.14. The van der Waals surface area contributed by atoms with Crippen molar-refractivity contribution >= 4 is 15.9 Å². The summed E-state index contributed by atoms with van der Waals surface area (Å²) in [6, 6.07) is 11.7. The lowest BCUT2D eigenvalue weighted by atomic mass is 10.1. The van der Waals surface area contributed by atoms with E-state index in [1.54, 1.807) is 43.3 Å². The van der Waals surface area contributed by atoms with Crippen LogP contribution in [0.4, 0.5) is 0 Å². The Balaban J connectivity index is 2.29. The van der Waals surface area contributed by atoms with Crippen molar-refractivity contribution < 1.29 is 13.2 Å². The van der Waals surface area contributed by atoms with Crippen LogP contribution in [0.1, 0.15) is 27.0 Å². The van der Waals surface area contributed by atoms with Gasteiger partial charge in [0.25, 0.3) is 15.9 Å². The van der Waals surface area contributed by atoms with E-state index in [9.17, 15) is 13.2 Å². The predicted molar refractivity (Wildman–Crippen MR) is 81.7 cm³/mol. The lowest BCUT2D eigenvalue weighted by molar-refractivity contribution is 0.0981. The van der Waals surface area contributed by atoms with E-state index in [-0.39, 0.29) is 4.90 Å². The van der Waals surface area contributed by atoms with Crippen LogP contribution in [0, 0.1) is 20.8 Å². The van der Waals surface area contributed by atoms with E-state index in [0.29, 0.717) is 11.1 Å². The van der Waals surface area contributed by atoms with Gasteiger partial charge >= 0.3 is 0 Å². The first kappa shape index (κ1) is 15.3. The number of nitrogens with one attached hydrogen (secondary N) is 1. The van der Waals surface area contributed by atoms with Gasteiger partial charge in [0.1, 0.15) is 0 Å². The van der Waals surface area contributed by atoms with Gasteiger partial charge in [-0.3, -0.25) is 4.79 Å². The maximum Gasteiger partial charge on any atom is 0.264 e. The maximum absolute atomic E-state index is 12.3. The highest BCUT2D eigenvalue weighted by Crippen LogP contribution is 2.16. The summed E-state index contributed by atoms with van der Waals surface area (Å²) in [5.74, 6) is -0.630. The van der Waals surface area contributed by atoms with Gasteiger partial charge in [-0.2, -0.15) is 0 Å². The van der Waals surface area contributed by atoms with Crippen molar-refractivity contribution in [1.82, 2.24) is 4.72 Å². The fraction of sp³-hybridized carbons (Fsp3) is 0.188. The summed E-state index contributed by atoms with van der Waals surface area (Å²) in [5.41, 5.74) is 2.90. The van der Waals surface area contributed by atoms with Crippen molar-refractivity contribution in [2.75, 3.05) is 0 Å². The molecular weight excluding hydrogens is 286 g/mol. The van der Waals surface area contributed by atoms with E-state index in [4.69, 9.17) is 0 Å². The van der Waals surface area contributed by atoms with E-state index >= 15 is 0 Å². The van der Waals surface area contributed by atoms with E-state index in [2.05, 4.69) is 4.72 Å². The molecule has 1 amide bonds. The van der Waals surface area contributed by atoms with Gasteiger partial charge in [-0.25, -0.2) is 13.1 Å². The highest BCUT2D eigenvalue weighted by atomic mass is 32.2. The molecule has 0 saturated heterocycles. The van der Waals surface area contributed by atoms with Gasteiger partial charge in [-0.15, -0.1) is 0 Å². The molecule has 0 aliphatic rings. The molecule has 0 atom stereocenters. The third-order valence-corrected chi connectivity index (χ3v) is 4.65. The molecule has 0 aliphatic heterocycles. The Hall–Kier alpha value is -2.14. The van der Waals surface area contributed by atoms with Crippen LogP contribution in [0.15, 0.2) is 47.4 Å². The van der Waals surface area contributed by atoms with Crippen LogP contribution in [0.3, 0.4) is 0 Å². The van der Waals surface area contributed by atoms with Gasteiger partial charge in [-0.05, 0) is 44.5 Å². The zero-order chi connectivity index (χ0) is 15.6. The van der Waals surface area contributed by atoms with Crippen LogP contribution >= 0.6 is 0 Å². The molecular formula is C16H17NO3S. The molecule has 0 saturated carbocycles. The molecule has 0 fully saturated rings. The predicted octanol–water partition coefficient (Wildman–Crippen LogP) is 2.73. The third kappa shape index (κ3) is 3.49. The molecule has 0 unspecified atom stereocenters. The Morgan fingerprint density at radius 3 is 2.05 bits per heavy atom. The smallest absolute Gasteiger partial charge is 0.264 e. The fourth-order valence-electron chi connectivity index (χ4n) is 2.04. The Morgan fingerprint density at radius 2 is 1.48 bits per heavy atom. The number of benzene rings is 2. The first-order chi connectivity index (χ1) is 9.79. The summed E-state index contributed by atoms with van der Waals surface area (Å²) in [6.07, 6.45) is 0. The fourth-order valence-corrected chi connectivity index (χ4v) is 3.24. The summed E-state index contributed by atoms with van der Waals surface area (Å²) in [4.78, 5) is 12.2. The third-order valence-electron chi connectivity index (χ3n) is 3.16. The second-order valence-electron chi connectivity index (χ2n) is 5.07. The highest BCUT2D eigenvalue weighted by molar-refractivity contribution is 7.90. The molecule has 5 heteroatoms. The number of hydrogen-bond donors (Lipinski definition) is 1. The molecule has 1 N–H and O–H groups in total. The van der Waals surface area contributed by atoms with Crippen LogP contribution in [0.2, 0.25) is 0 Å². The van der Waals surface area contributed by atoms with Crippen LogP contribution in [0.5, 0.6) is 0 Å². The summed E-state index contributed by atoms with van der Waals surface area (Å²) in [6.45, 7) is 5.49. The lowest BCUT2D eigenvalue weighted by Gasteiger charge is -2.10. The Labute approximate surface area is 124 Å². The minimum absolute atomic E-state index is 0.119. The average molecular weight is 303 g/mol. The number of sulfonamides is 1. The molecule has 0 spiro atoms. The standard InChI is InChI=1S/C16H17NO3S/c1-11-4-7-14(8-5-11)16(18)17-21(19,20)15-9-6-12(2)10-13(15)3/h4-10H,1-3H3,(H,17,18). The summed E-state index contributed by atoms with van der Waals surface area (Å²) < 4.78 is 26.7. The number of aryl methyl sites for hydroxylation is 3. The second kappa shape index (κ2) is 5.69. The van der Waals surface area contributed by atoms with E-state index < -0.39 is 15.9 Å². The number of carbonyl (C=O) groups is 1. The Morgan fingerprint density at radius 1 is 0.905 bits per heavy atom. The van der Waals surface area contributed by atoms with Crippen molar-refractivity contribution in [2.24, 2.45) is 0 Å². The summed E-state index contributed by atoms with van der Waals surface area (Å²) in [5, 5.41) is 0. The van der Waals surface area contributed by atoms with Crippen LogP contribution in [-0.2, 0) is 10.0 Å². The molecule has 0 heterocycles. The molecule has 2 aromatic rings. The largest absolute Gasteiger partial charge is 0.268 e. The van der Waals surface area contributed by atoms with Gasteiger partial charge in [0.2, 0.25) is 0 Å². The lowest BCUT2D eigenvalue weighted by Crippen LogP contribution is -2.31. The quantitative estimate of drug-likeness (QED) is 0.948. The van der Waals surface area contributed by atoms with Crippen LogP contribution < -0.4 is 4.72 Å². The first-order valence-corrected chi connectivity index (χ1v) is 7.99. The number of amides is 1. The van der Waals surface area contributed by atoms with E-state index in [1.165, 1.54) is 6.07 Å². The van der Waals surface area contributed by atoms with Crippen molar-refractivity contribution in [3.05, 3.63) is 64.7 Å². The first-order valence-electron chi connectivity index (χ1n) is 6.51. The molecule has 110 valence electrons. The zero-order valence-electron chi connectivity index (χ0n) is 12.2. The van der Waals surface area contributed by atoms with E-state index in [0.717, 1.165) is 11.1 Å². The molecule has 4 nitrogen and oxygen atoms in total. The zero-order valence-corrected chi connectivity index (χ0v) is 13.0. The maximum atomic E-state index is 12.3. The Bertz CT molecular complexity index is 778. The molecule has 0 aliphatic carbocycles. The van der Waals surface area contributed by atoms with Crippen molar-refractivity contribution in [3.63, 3.8) is 0 Å². The molecule has 2 aromatic carbocycles. The van der Waals surface area contributed by atoms with Gasteiger partial charge < -0.3 is 0 Å². The van der Waals surface area contributed by atoms with Gasteiger partial charge in [0.05, 0.1) is 4.90 Å². The van der Waals surface area contributed by atoms with Crippen molar-refractivity contribution in [1.29, 1.82) is 0 Å². The molecule has 0 radical (unpaired) electrons. The second-order valence-corrected chi connectivity index (χ2v) is 6.72. The summed E-state index contributed by atoms with van der Waals surface area (Å²) in [7, 11) is -3.86. The van der Waals surface area contributed by atoms with Crippen molar-refractivity contribution in [3.8, 4) is 0 Å². The summed E-state index contributed by atoms with van der Waals surface area (Å²) >= 11 is 0. The molecule has 0 aromatic heterocycles. The minimum Gasteiger partial charge on any atom is -0.268 e. The number of rotatable bonds is 3. The highest BCUT2D eigenvalue weighted by Gasteiger charge is 2.20. The molecule has 0 bridgehead atoms. The SMILES string of the molecule is Cc1ccc(C(=O)NS(=O)(=O)c2ccc(C)cc2C)cc1. The van der Waals surface area contributed by atoms with Crippen LogP contribution in [-0.4, -0.2) is 14.3 Å². The van der Waals surface area contributed by atoms with Gasteiger partial charge in [0.15, 0.2) is 0 Å². The van der Waals surface area contributed by atoms with Gasteiger partial charge in [-0.1, -0.05) is 35.4 Å². The van der Waals surface area contributed by atoms with Crippen LogP contribution in [0.25, 0.3) is 0 Å². The number of hydrogen-bond acceptors (Lipinski definition) is 3. The van der Waals surface area contributed by atoms with Gasteiger partial charge in [0, 0.05) is 5.56 Å². The molecule has 21 heavy (non-hydrogen) atoms. The van der Waals surface area contributed by atoms with Crippen molar-refractivity contribution in [2.45, 2.75) is 25.7 Å². The monoisotopic (exact) mass is 303 g/mol. The average Bonchev–Trinajstić information content (AvgIpc) is 2.38. The topological polar surface area (TPSA) is 63.2 Å². The number of carbonyl (C=O) groups excluding carboxylic acids is 1. The minimum atomic E-state index is -3.86. The normalized spacial score (nSPS) is 11.2. The van der Waals surface area contributed by atoms with E-state index in [1.807, 2.05) is 13.8 Å².